The monoisotopic (exact) mass is 1380 g/mol. The number of thioether (sulfide) groups is 2. The van der Waals surface area contributed by atoms with Gasteiger partial charge in [0.25, 0.3) is 0 Å². The fraction of sp³-hybridized carbons (Fsp3) is 0.485. The molecule has 9 rings (SSSR count). The highest BCUT2D eigenvalue weighted by Gasteiger charge is 2.41. The Balaban J connectivity index is 1.02. The number of benzene rings is 3. The number of fused-ring (bicyclic) bond motifs is 5. The summed E-state index contributed by atoms with van der Waals surface area (Å²) in [7, 11) is 0. The van der Waals surface area contributed by atoms with Crippen LogP contribution < -0.4 is 48.3 Å². The number of aliphatic hydroxyl groups is 1. The minimum Gasteiger partial charge on any atom is -0.481 e. The molecule has 0 spiro atoms. The maximum atomic E-state index is 15.0. The van der Waals surface area contributed by atoms with E-state index in [0.717, 1.165) is 16.7 Å². The number of carboxylic acid groups (broad SMARTS) is 1. The van der Waals surface area contributed by atoms with Gasteiger partial charge in [0.2, 0.25) is 53.2 Å². The van der Waals surface area contributed by atoms with E-state index in [1.165, 1.54) is 65.7 Å². The number of rotatable bonds is 14. The van der Waals surface area contributed by atoms with E-state index in [0.29, 0.717) is 122 Å². The molecule has 25 nitrogen and oxygen atoms in total. The number of amides is 9. The second kappa shape index (κ2) is 35.5. The molecule has 4 aliphatic rings. The number of allylic oxidation sites excluding steroid dienone is 1. The van der Waals surface area contributed by atoms with Crippen LogP contribution in [0.5, 0.6) is 0 Å². The Morgan fingerprint density at radius 2 is 1.34 bits per heavy atom. The quantitative estimate of drug-likeness (QED) is 0.0710. The van der Waals surface area contributed by atoms with Crippen LogP contribution in [0.1, 0.15) is 117 Å². The van der Waals surface area contributed by atoms with Crippen molar-refractivity contribution >= 4 is 99.1 Å². The van der Waals surface area contributed by atoms with Crippen molar-refractivity contribution in [3.05, 3.63) is 131 Å². The molecule has 2 bridgehead atoms. The van der Waals surface area contributed by atoms with Gasteiger partial charge in [0.05, 0.1) is 25.4 Å². The second-order valence-corrected chi connectivity index (χ2v) is 27.3. The van der Waals surface area contributed by atoms with E-state index in [2.05, 4.69) is 63.6 Å². The number of hydrogen-bond donors (Lipinski definition) is 13. The van der Waals surface area contributed by atoms with Crippen molar-refractivity contribution in [3.63, 3.8) is 0 Å². The Labute approximate surface area is 568 Å². The first-order valence-electron chi connectivity index (χ1n) is 33.0. The van der Waals surface area contributed by atoms with E-state index < -0.39 is 133 Å². The summed E-state index contributed by atoms with van der Waals surface area (Å²) >= 11 is 3.14. The lowest BCUT2D eigenvalue weighted by molar-refractivity contribution is -0.143. The van der Waals surface area contributed by atoms with Gasteiger partial charge in [0.1, 0.15) is 53.9 Å². The van der Waals surface area contributed by atoms with E-state index in [-0.39, 0.29) is 56.0 Å². The fourth-order valence-corrected chi connectivity index (χ4v) is 14.5. The van der Waals surface area contributed by atoms with Gasteiger partial charge in [-0.15, -0.1) is 0 Å². The number of halogens is 2. The topological polar surface area (TPSA) is 381 Å². The van der Waals surface area contributed by atoms with Crippen LogP contribution in [0.3, 0.4) is 0 Å². The number of carboxylic acids is 1. The van der Waals surface area contributed by atoms with Gasteiger partial charge < -0.3 is 73.3 Å². The van der Waals surface area contributed by atoms with Crippen LogP contribution in [-0.2, 0) is 78.7 Å². The van der Waals surface area contributed by atoms with Gasteiger partial charge in [-0.2, -0.15) is 23.5 Å². The Morgan fingerprint density at radius 1 is 0.670 bits per heavy atom. The molecule has 0 radical (unpaired) electrons. The van der Waals surface area contributed by atoms with E-state index in [1.807, 2.05) is 18.2 Å². The SMILES string of the molecule is NCCCC[C@@H]1NC(=O)CCSCc2cccc(c2)CSCCNC(=O)[C@@H]2CCCN2C(=O)[C@H](CC2CCC(O)CC2)NC(=O)[C@H](Cc2cnc[nH]2)NC(=O)[C@H](CC(=O)O)NC(=O)[C@H](Cc2c[nH]c3ccc(F)cc23)NC(=O)[C@H](CC2=CCc3ccc(F)cc32)NC(=O)CNC1=O. The summed E-state index contributed by atoms with van der Waals surface area (Å²) in [6, 6.07) is 5.98. The summed E-state index contributed by atoms with van der Waals surface area (Å²) in [5, 5.41) is 42.6. The fourth-order valence-electron chi connectivity index (χ4n) is 12.8. The standard InChI is InChI=1S/C68H85F2N13O12S2/c69-45-14-13-42-11-12-43(49(42)29-45)27-53-63(90)79-54(28-44-33-74-51-18-15-46(70)30-50(44)51)64(91)81-56(32-61(87)88)66(93)80-55(31-47-34-72-38-76-47)65(92)82-57(26-39-9-16-48(84)17-10-39)68(95)83-22-4-8-58(83)67(94)73-21-24-97-37-41-6-3-5-40(25-41)36-96-23-19-59(85)77-52(7-1-2-20-71)62(89)75-35-60(86)78-53/h3,5-6,12-15,18,25,29-30,33-34,38-39,48,52-58,74,84H,1-2,4,7-11,16-17,19-24,26-28,31-32,35-37,71H2,(H,72,76)(H,73,94)(H,75,89)(H,77,85)(H,78,86)(H,79,90)(H,80,93)(H,81,91)(H,82,92)(H,87,88)/t39?,48?,52-,53-,54-,55-,56-,57-,58-/m0/s1. The van der Waals surface area contributed by atoms with Crippen LogP contribution in [0.4, 0.5) is 8.78 Å². The molecule has 0 unspecified atom stereocenters. The highest BCUT2D eigenvalue weighted by molar-refractivity contribution is 7.98. The molecule has 14 N–H and O–H groups in total. The number of H-pyrrole nitrogens is 2. The largest absolute Gasteiger partial charge is 0.481 e. The van der Waals surface area contributed by atoms with Crippen LogP contribution >= 0.6 is 23.5 Å². The smallest absolute Gasteiger partial charge is 0.305 e. The van der Waals surface area contributed by atoms with Crippen LogP contribution in [0.2, 0.25) is 0 Å². The predicted molar refractivity (Wildman–Crippen MR) is 360 cm³/mol. The van der Waals surface area contributed by atoms with Crippen LogP contribution in [-0.4, -0.2) is 175 Å². The maximum Gasteiger partial charge on any atom is 0.305 e. The van der Waals surface area contributed by atoms with Crippen LogP contribution in [0, 0.1) is 17.6 Å². The first kappa shape index (κ1) is 72.6. The van der Waals surface area contributed by atoms with Gasteiger partial charge in [-0.1, -0.05) is 36.4 Å². The zero-order chi connectivity index (χ0) is 69.0. The lowest BCUT2D eigenvalue weighted by atomic mass is 9.83. The molecule has 97 heavy (non-hydrogen) atoms. The number of hydrogen-bond acceptors (Lipinski definition) is 15. The number of imidazole rings is 1. The lowest BCUT2D eigenvalue weighted by Gasteiger charge is -2.33. The van der Waals surface area contributed by atoms with Crippen LogP contribution in [0.15, 0.2) is 85.5 Å². The molecule has 2 aliphatic heterocycles. The first-order chi connectivity index (χ1) is 46.8. The summed E-state index contributed by atoms with van der Waals surface area (Å²) in [6.45, 7) is 0.138. The summed E-state index contributed by atoms with van der Waals surface area (Å²) in [5.41, 5.74) is 10.5. The number of nitrogens with zero attached hydrogens (tertiary/aromatic N) is 2. The minimum atomic E-state index is -1.97. The van der Waals surface area contributed by atoms with Gasteiger partial charge in [0.15, 0.2) is 0 Å². The summed E-state index contributed by atoms with van der Waals surface area (Å²) in [5.74, 6) is -7.79. The molecule has 2 aromatic heterocycles. The van der Waals surface area contributed by atoms with Crippen molar-refractivity contribution in [1.82, 2.24) is 62.4 Å². The second-order valence-electron chi connectivity index (χ2n) is 25.1. The highest BCUT2D eigenvalue weighted by atomic mass is 32.2. The number of aliphatic carboxylic acids is 1. The van der Waals surface area contributed by atoms with Crippen molar-refractivity contribution in [2.45, 2.75) is 163 Å². The highest BCUT2D eigenvalue weighted by Crippen LogP contribution is 2.33. The molecule has 3 aromatic carbocycles. The first-order valence-corrected chi connectivity index (χ1v) is 35.3. The molecule has 5 aromatic rings. The van der Waals surface area contributed by atoms with Gasteiger partial charge in [-0.25, -0.2) is 13.8 Å². The molecular weight excluding hydrogens is 1290 g/mol. The number of aromatic nitrogens is 3. The molecule has 520 valence electrons. The summed E-state index contributed by atoms with van der Waals surface area (Å²) < 4.78 is 29.8. The average Bonchev–Trinajstić information content (AvgIpc) is 1.89. The minimum absolute atomic E-state index is 0.0691. The van der Waals surface area contributed by atoms with Crippen LogP contribution in [0.25, 0.3) is 16.5 Å². The van der Waals surface area contributed by atoms with E-state index in [4.69, 9.17) is 5.73 Å². The summed E-state index contributed by atoms with van der Waals surface area (Å²) in [4.78, 5) is 154. The molecule has 29 heteroatoms. The third-order valence-corrected chi connectivity index (χ3v) is 19.9. The maximum absolute atomic E-state index is 15.0. The molecule has 4 heterocycles. The number of carbonyl (C=O) groups excluding carboxylic acids is 9. The Bertz CT molecular complexity index is 3660. The van der Waals surface area contributed by atoms with Crippen molar-refractivity contribution in [2.24, 2.45) is 11.7 Å². The number of aromatic amines is 2. The molecule has 2 aliphatic carbocycles. The number of unbranched alkanes of at least 4 members (excludes halogenated alkanes) is 1. The number of nitrogens with two attached hydrogens (primary N) is 1. The summed E-state index contributed by atoms with van der Waals surface area (Å²) in [6.07, 6.45) is 7.89. The third kappa shape index (κ3) is 21.2. The molecule has 1 saturated heterocycles. The zero-order valence-electron chi connectivity index (χ0n) is 53.8. The molecule has 9 amide bonds. The van der Waals surface area contributed by atoms with Gasteiger partial charge in [-0.05, 0) is 147 Å². The Morgan fingerprint density at radius 3 is 2.06 bits per heavy atom. The Hall–Kier alpha value is -8.67. The number of carbonyl (C=O) groups is 10. The van der Waals surface area contributed by atoms with E-state index in [1.54, 1.807) is 23.9 Å². The molecule has 2 fully saturated rings. The molecular formula is C68H85F2N13O12S2. The van der Waals surface area contributed by atoms with E-state index in [9.17, 15) is 57.4 Å². The number of nitrogens with one attached hydrogen (secondary N) is 10. The van der Waals surface area contributed by atoms with Gasteiger partial charge in [-0.3, -0.25) is 47.9 Å². The average molecular weight is 1380 g/mol. The molecule has 7 atom stereocenters. The lowest BCUT2D eigenvalue weighted by Crippen LogP contribution is -2.60. The van der Waals surface area contributed by atoms with Crippen molar-refractivity contribution in [2.75, 3.05) is 37.7 Å². The Kier molecular flexibility index (Phi) is 26.6. The predicted octanol–water partition coefficient (Wildman–Crippen LogP) is 3.23. The van der Waals surface area contributed by atoms with Crippen molar-refractivity contribution < 1.29 is 66.9 Å². The normalized spacial score (nSPS) is 24.6. The van der Waals surface area contributed by atoms with E-state index >= 15 is 9.59 Å². The van der Waals surface area contributed by atoms with Gasteiger partial charge in [0, 0.05) is 90.8 Å². The van der Waals surface area contributed by atoms with Gasteiger partial charge >= 0.3 is 5.97 Å². The zero-order valence-corrected chi connectivity index (χ0v) is 55.4. The third-order valence-electron chi connectivity index (χ3n) is 17.9. The van der Waals surface area contributed by atoms with Crippen molar-refractivity contribution in [1.29, 1.82) is 0 Å². The number of aliphatic hydroxyl groups excluding tert-OH is 1. The van der Waals surface area contributed by atoms with Crippen molar-refractivity contribution in [3.8, 4) is 0 Å². The molecule has 1 saturated carbocycles.